The maximum atomic E-state index is 13.4. The fourth-order valence-electron chi connectivity index (χ4n) is 2.15. The second-order valence-corrected chi connectivity index (χ2v) is 4.44. The van der Waals surface area contributed by atoms with E-state index in [-0.39, 0.29) is 27.9 Å². The van der Waals surface area contributed by atoms with E-state index in [0.29, 0.717) is 5.69 Å². The average Bonchev–Trinajstić information content (AvgIpc) is 2.80. The molecule has 0 atom stereocenters. The minimum absolute atomic E-state index is 0.0539. The number of anilines is 1. The van der Waals surface area contributed by atoms with Gasteiger partial charge < -0.3 is 10.7 Å². The Labute approximate surface area is 117 Å². The zero-order valence-corrected chi connectivity index (χ0v) is 10.7. The minimum atomic E-state index is -0.737. The number of aromatic amines is 2. The van der Waals surface area contributed by atoms with Gasteiger partial charge in [0.05, 0.1) is 16.8 Å². The lowest BCUT2D eigenvalue weighted by molar-refractivity contribution is 0.584. The van der Waals surface area contributed by atoms with Crippen molar-refractivity contribution in [1.29, 1.82) is 0 Å². The summed E-state index contributed by atoms with van der Waals surface area (Å²) < 4.78 is 26.8. The molecule has 3 rings (SSSR count). The summed E-state index contributed by atoms with van der Waals surface area (Å²) in [6.45, 7) is 0. The van der Waals surface area contributed by atoms with Gasteiger partial charge in [-0.1, -0.05) is 0 Å². The summed E-state index contributed by atoms with van der Waals surface area (Å²) in [6.07, 6.45) is 2.95. The topological polar surface area (TPSA) is 87.6 Å². The Hall–Kier alpha value is -2.96. The molecule has 21 heavy (non-hydrogen) atoms. The first-order valence-corrected chi connectivity index (χ1v) is 6.04. The first-order valence-electron chi connectivity index (χ1n) is 6.04. The number of nitrogen functional groups attached to an aromatic ring is 1. The van der Waals surface area contributed by atoms with Crippen LogP contribution >= 0.6 is 0 Å². The molecule has 0 unspecified atom stereocenters. The quantitative estimate of drug-likeness (QED) is 0.676. The van der Waals surface area contributed by atoms with Gasteiger partial charge in [0.15, 0.2) is 11.2 Å². The van der Waals surface area contributed by atoms with Gasteiger partial charge in [0.25, 0.3) is 0 Å². The summed E-state index contributed by atoms with van der Waals surface area (Å²) >= 11 is 0. The summed E-state index contributed by atoms with van der Waals surface area (Å²) in [6, 6.07) is 4.35. The summed E-state index contributed by atoms with van der Waals surface area (Å²) in [5, 5.41) is 6.45. The van der Waals surface area contributed by atoms with Crippen LogP contribution in [0.2, 0.25) is 0 Å². The van der Waals surface area contributed by atoms with Gasteiger partial charge in [0.2, 0.25) is 0 Å². The van der Waals surface area contributed by atoms with Gasteiger partial charge in [-0.05, 0) is 17.7 Å². The number of halogens is 2. The third-order valence-corrected chi connectivity index (χ3v) is 3.04. The fourth-order valence-corrected chi connectivity index (χ4v) is 2.15. The Morgan fingerprint density at radius 1 is 1.14 bits per heavy atom. The lowest BCUT2D eigenvalue weighted by Gasteiger charge is -2.05. The predicted octanol–water partition coefficient (Wildman–Crippen LogP) is 2.29. The number of benzene rings is 1. The molecule has 0 radical (unpaired) electrons. The molecule has 0 fully saturated rings. The molecule has 0 aliphatic carbocycles. The van der Waals surface area contributed by atoms with Gasteiger partial charge in [0, 0.05) is 24.5 Å². The van der Waals surface area contributed by atoms with E-state index in [1.54, 1.807) is 0 Å². The first-order chi connectivity index (χ1) is 10.1. The molecule has 0 aliphatic rings. The molecule has 7 heteroatoms. The Bertz CT molecular complexity index is 849. The molecule has 0 amide bonds. The normalized spacial score (nSPS) is 10.8. The van der Waals surface area contributed by atoms with Gasteiger partial charge in [-0.2, -0.15) is 5.10 Å². The van der Waals surface area contributed by atoms with E-state index in [1.807, 2.05) is 0 Å². The van der Waals surface area contributed by atoms with Crippen molar-refractivity contribution in [3.05, 3.63) is 58.5 Å². The van der Waals surface area contributed by atoms with E-state index in [1.165, 1.54) is 18.5 Å². The molecule has 0 bridgehead atoms. The van der Waals surface area contributed by atoms with Crippen LogP contribution in [0.3, 0.4) is 0 Å². The second-order valence-electron chi connectivity index (χ2n) is 4.44. The maximum Gasteiger partial charge on any atom is 0.190 e. The van der Waals surface area contributed by atoms with Crippen LogP contribution in [0.25, 0.3) is 22.4 Å². The summed E-state index contributed by atoms with van der Waals surface area (Å²) in [7, 11) is 0. The van der Waals surface area contributed by atoms with Crippen LogP contribution in [0.1, 0.15) is 0 Å². The first kappa shape index (κ1) is 13.0. The highest BCUT2D eigenvalue weighted by Crippen LogP contribution is 2.33. The number of hydrogen-bond donors (Lipinski definition) is 3. The van der Waals surface area contributed by atoms with Gasteiger partial charge in [-0.3, -0.25) is 9.89 Å². The van der Waals surface area contributed by atoms with Crippen molar-refractivity contribution in [1.82, 2.24) is 15.2 Å². The van der Waals surface area contributed by atoms with E-state index >= 15 is 0 Å². The number of pyridine rings is 1. The number of nitrogens with zero attached hydrogens (tertiary/aromatic N) is 1. The number of aromatic nitrogens is 3. The average molecular weight is 288 g/mol. The Morgan fingerprint density at radius 2 is 1.86 bits per heavy atom. The van der Waals surface area contributed by atoms with Crippen molar-refractivity contribution in [3.8, 4) is 22.4 Å². The van der Waals surface area contributed by atoms with Crippen molar-refractivity contribution in [2.24, 2.45) is 0 Å². The molecule has 3 aromatic rings. The number of rotatable bonds is 2. The molecule has 1 aromatic carbocycles. The summed E-state index contributed by atoms with van der Waals surface area (Å²) in [4.78, 5) is 14.7. The van der Waals surface area contributed by atoms with Gasteiger partial charge >= 0.3 is 0 Å². The van der Waals surface area contributed by atoms with Crippen LogP contribution in [0.5, 0.6) is 0 Å². The number of nitrogens with two attached hydrogens (primary N) is 1. The largest absolute Gasteiger partial charge is 0.382 e. The number of hydrogen-bond acceptors (Lipinski definition) is 3. The Kier molecular flexibility index (Phi) is 3.02. The molecule has 0 spiro atoms. The highest BCUT2D eigenvalue weighted by Gasteiger charge is 2.18. The Balaban J connectivity index is 2.27. The van der Waals surface area contributed by atoms with Crippen molar-refractivity contribution >= 4 is 5.82 Å². The standard InChI is InChI=1S/C14H10F2N4O/c15-8-3-7(4-9(16)5-8)12-13(19-20-14(12)17)10-6-18-2-1-11(10)21/h1-6H,(H,18,21)(H3,17,19,20). The predicted molar refractivity (Wildman–Crippen MR) is 74.4 cm³/mol. The second kappa shape index (κ2) is 4.86. The van der Waals surface area contributed by atoms with Crippen molar-refractivity contribution in [2.45, 2.75) is 0 Å². The lowest BCUT2D eigenvalue weighted by atomic mass is 10.0. The third kappa shape index (κ3) is 2.29. The summed E-state index contributed by atoms with van der Waals surface area (Å²) in [5.41, 5.74) is 6.57. The van der Waals surface area contributed by atoms with Crippen LogP contribution < -0.4 is 11.2 Å². The van der Waals surface area contributed by atoms with Crippen LogP contribution in [0, 0.1) is 11.6 Å². The lowest BCUT2D eigenvalue weighted by Crippen LogP contribution is -2.04. The molecular weight excluding hydrogens is 278 g/mol. The monoisotopic (exact) mass is 288 g/mol. The van der Waals surface area contributed by atoms with Crippen molar-refractivity contribution in [3.63, 3.8) is 0 Å². The van der Waals surface area contributed by atoms with E-state index in [2.05, 4.69) is 15.2 Å². The van der Waals surface area contributed by atoms with Gasteiger partial charge in [0.1, 0.15) is 11.6 Å². The highest BCUT2D eigenvalue weighted by atomic mass is 19.1. The summed E-state index contributed by atoms with van der Waals surface area (Å²) in [5.74, 6) is -1.42. The molecule has 4 N–H and O–H groups in total. The molecule has 5 nitrogen and oxygen atoms in total. The van der Waals surface area contributed by atoms with Crippen LogP contribution in [-0.2, 0) is 0 Å². The van der Waals surface area contributed by atoms with E-state index in [4.69, 9.17) is 5.73 Å². The van der Waals surface area contributed by atoms with E-state index < -0.39 is 11.6 Å². The van der Waals surface area contributed by atoms with Crippen molar-refractivity contribution in [2.75, 3.05) is 5.73 Å². The van der Waals surface area contributed by atoms with Gasteiger partial charge in [-0.15, -0.1) is 0 Å². The van der Waals surface area contributed by atoms with Crippen LogP contribution in [0.15, 0.2) is 41.5 Å². The molecule has 2 aromatic heterocycles. The highest BCUT2D eigenvalue weighted by molar-refractivity contribution is 5.87. The number of nitrogens with one attached hydrogen (secondary N) is 2. The van der Waals surface area contributed by atoms with Gasteiger partial charge in [-0.25, -0.2) is 8.78 Å². The Morgan fingerprint density at radius 3 is 2.52 bits per heavy atom. The molecular formula is C14H10F2N4O. The zero-order valence-electron chi connectivity index (χ0n) is 10.7. The van der Waals surface area contributed by atoms with Crippen molar-refractivity contribution < 1.29 is 8.78 Å². The molecule has 0 aliphatic heterocycles. The number of H-pyrrole nitrogens is 2. The van der Waals surface area contributed by atoms with E-state index in [0.717, 1.165) is 18.2 Å². The van der Waals surface area contributed by atoms with Crippen LogP contribution in [0.4, 0.5) is 14.6 Å². The molecule has 2 heterocycles. The smallest absolute Gasteiger partial charge is 0.190 e. The molecule has 0 saturated carbocycles. The SMILES string of the molecule is Nc1n[nH]c(-c2c[nH]ccc2=O)c1-c1cc(F)cc(F)c1. The van der Waals surface area contributed by atoms with E-state index in [9.17, 15) is 13.6 Å². The third-order valence-electron chi connectivity index (χ3n) is 3.04. The minimum Gasteiger partial charge on any atom is -0.382 e. The van der Waals surface area contributed by atoms with Crippen LogP contribution in [-0.4, -0.2) is 15.2 Å². The molecule has 0 saturated heterocycles. The zero-order chi connectivity index (χ0) is 15.0. The fraction of sp³-hybridized carbons (Fsp3) is 0. The maximum absolute atomic E-state index is 13.4. The molecule has 106 valence electrons.